The number of hydrogen-bond donors (Lipinski definition) is 2. The monoisotopic (exact) mass is 351 g/mol. The largest absolute Gasteiger partial charge is 0.387 e. The van der Waals surface area contributed by atoms with Crippen LogP contribution in [0.25, 0.3) is 11.2 Å². The summed E-state index contributed by atoms with van der Waals surface area (Å²) in [5.41, 5.74) is -0.227. The molecule has 1 atom stereocenters. The molecule has 2 N–H and O–H groups in total. The molecule has 2 aromatic rings. The van der Waals surface area contributed by atoms with Crippen LogP contribution in [0.5, 0.6) is 0 Å². The smallest absolute Gasteiger partial charge is 0.332 e. The highest BCUT2D eigenvalue weighted by Crippen LogP contribution is 2.06. The molecule has 25 heavy (non-hydrogen) atoms. The van der Waals surface area contributed by atoms with Gasteiger partial charge in [-0.05, 0) is 0 Å². The van der Waals surface area contributed by atoms with Gasteiger partial charge in [-0.25, -0.2) is 9.78 Å². The minimum absolute atomic E-state index is 0.202. The molecule has 0 saturated carbocycles. The molecular formula is C15H23N6O4+. The molecule has 0 radical (unpaired) electrons. The Labute approximate surface area is 143 Å². The molecule has 0 spiro atoms. The summed E-state index contributed by atoms with van der Waals surface area (Å²) in [5.74, 6) is 0. The van der Waals surface area contributed by atoms with Crippen LogP contribution in [0.1, 0.15) is 0 Å². The Kier molecular flexibility index (Phi) is 5.00. The maximum absolute atomic E-state index is 12.4. The summed E-state index contributed by atoms with van der Waals surface area (Å²) in [6, 6.07) is 0. The number of fused-ring (bicyclic) bond motifs is 1. The number of imidazole rings is 1. The van der Waals surface area contributed by atoms with E-state index in [1.807, 2.05) is 6.34 Å². The van der Waals surface area contributed by atoms with E-state index >= 15 is 0 Å². The summed E-state index contributed by atoms with van der Waals surface area (Å²) in [4.78, 5) is 28.4. The number of hydrogen-bond acceptors (Lipinski definition) is 5. The van der Waals surface area contributed by atoms with Crippen LogP contribution in [0.4, 0.5) is 0 Å². The predicted octanol–water partition coefficient (Wildman–Crippen LogP) is -2.54. The molecule has 1 aliphatic heterocycles. The number of ether oxygens (including phenoxy) is 1. The molecule has 10 nitrogen and oxygen atoms in total. The van der Waals surface area contributed by atoms with Gasteiger partial charge in [0.05, 0.1) is 26.1 Å². The molecule has 2 aromatic heterocycles. The highest BCUT2D eigenvalue weighted by molar-refractivity contribution is 5.69. The molecule has 3 heterocycles. The number of aromatic nitrogens is 4. The van der Waals surface area contributed by atoms with Gasteiger partial charge >= 0.3 is 5.69 Å². The first-order valence-electron chi connectivity index (χ1n) is 8.16. The Morgan fingerprint density at radius 3 is 2.80 bits per heavy atom. The van der Waals surface area contributed by atoms with Gasteiger partial charge in [-0.1, -0.05) is 0 Å². The maximum Gasteiger partial charge on any atom is 0.332 e. The Bertz CT molecular complexity index is 901. The van der Waals surface area contributed by atoms with Gasteiger partial charge in [0.15, 0.2) is 11.2 Å². The van der Waals surface area contributed by atoms with Crippen LogP contribution in [-0.4, -0.2) is 73.7 Å². The SMILES string of the molecule is Cn1c(=O)c2c(ncn2C[C@@H](O)CNC=[N+]2CCOCC2)n(C)c1=O. The fraction of sp³-hybridized carbons (Fsp3) is 0.600. The van der Waals surface area contributed by atoms with Crippen molar-refractivity contribution in [1.82, 2.24) is 24.0 Å². The van der Waals surface area contributed by atoms with E-state index in [9.17, 15) is 14.7 Å². The van der Waals surface area contributed by atoms with Crippen molar-refractivity contribution in [3.05, 3.63) is 27.2 Å². The lowest BCUT2D eigenvalue weighted by Crippen LogP contribution is -2.38. The standard InChI is InChI=1S/C15H22N6O4/c1-18-13-12(14(23)19(2)15(18)24)21(10-17-13)8-11(22)7-16-9-20-3-5-25-6-4-20/h9-11,22H,3-8H2,1-2H3/p+1/t11-/m0/s1. The van der Waals surface area contributed by atoms with Crippen molar-refractivity contribution in [2.24, 2.45) is 14.1 Å². The second-order valence-electron chi connectivity index (χ2n) is 6.11. The zero-order valence-corrected chi connectivity index (χ0v) is 14.4. The first-order chi connectivity index (χ1) is 12.0. The van der Waals surface area contributed by atoms with E-state index in [0.29, 0.717) is 30.9 Å². The van der Waals surface area contributed by atoms with E-state index in [0.717, 1.165) is 17.7 Å². The molecule has 0 unspecified atom stereocenters. The van der Waals surface area contributed by atoms with Gasteiger partial charge in [0, 0.05) is 14.1 Å². The van der Waals surface area contributed by atoms with E-state index in [-0.39, 0.29) is 6.54 Å². The zero-order chi connectivity index (χ0) is 18.0. The Morgan fingerprint density at radius 2 is 2.08 bits per heavy atom. The second-order valence-corrected chi connectivity index (χ2v) is 6.11. The quantitative estimate of drug-likeness (QED) is 0.454. The molecule has 1 fully saturated rings. The van der Waals surface area contributed by atoms with E-state index in [1.54, 1.807) is 11.6 Å². The van der Waals surface area contributed by atoms with Crippen molar-refractivity contribution in [3.63, 3.8) is 0 Å². The molecule has 0 bridgehead atoms. The third kappa shape index (κ3) is 3.49. The molecule has 0 aromatic carbocycles. The fourth-order valence-electron chi connectivity index (χ4n) is 2.85. The average Bonchev–Trinajstić information content (AvgIpc) is 3.02. The second kappa shape index (κ2) is 7.19. The van der Waals surface area contributed by atoms with Crippen LogP contribution in [0.3, 0.4) is 0 Å². The lowest BCUT2D eigenvalue weighted by molar-refractivity contribution is -0.546. The van der Waals surface area contributed by atoms with Crippen molar-refractivity contribution < 1.29 is 14.4 Å². The highest BCUT2D eigenvalue weighted by Gasteiger charge is 2.17. The highest BCUT2D eigenvalue weighted by atomic mass is 16.5. The molecule has 0 amide bonds. The topological polar surface area (TPSA) is 106 Å². The molecule has 0 aliphatic carbocycles. The van der Waals surface area contributed by atoms with E-state index in [2.05, 4.69) is 14.9 Å². The summed E-state index contributed by atoms with van der Waals surface area (Å²) >= 11 is 0. The molecule has 3 rings (SSSR count). The number of nitrogens with zero attached hydrogens (tertiary/aromatic N) is 5. The summed E-state index contributed by atoms with van der Waals surface area (Å²) < 4.78 is 11.3. The lowest BCUT2D eigenvalue weighted by Gasteiger charge is -2.14. The normalized spacial score (nSPS) is 16.2. The first kappa shape index (κ1) is 17.4. The van der Waals surface area contributed by atoms with Crippen LogP contribution >= 0.6 is 0 Å². The predicted molar refractivity (Wildman–Crippen MR) is 91.1 cm³/mol. The van der Waals surface area contributed by atoms with Crippen LogP contribution < -0.4 is 16.6 Å². The van der Waals surface area contributed by atoms with Crippen LogP contribution in [0.15, 0.2) is 15.9 Å². The average molecular weight is 351 g/mol. The van der Waals surface area contributed by atoms with Gasteiger partial charge in [0.25, 0.3) is 5.56 Å². The van der Waals surface area contributed by atoms with Crippen LogP contribution in [0.2, 0.25) is 0 Å². The summed E-state index contributed by atoms with van der Waals surface area (Å²) in [5, 5.41) is 13.3. The van der Waals surface area contributed by atoms with Crippen molar-refractivity contribution >= 4 is 17.5 Å². The van der Waals surface area contributed by atoms with E-state index < -0.39 is 17.4 Å². The maximum atomic E-state index is 12.4. The Hall–Kier alpha value is -2.46. The third-order valence-electron chi connectivity index (χ3n) is 4.30. The summed E-state index contributed by atoms with van der Waals surface area (Å²) in [6.45, 7) is 3.57. The summed E-state index contributed by atoms with van der Waals surface area (Å²) in [7, 11) is 2.99. The Morgan fingerprint density at radius 1 is 1.36 bits per heavy atom. The van der Waals surface area contributed by atoms with Gasteiger partial charge in [0.1, 0.15) is 25.7 Å². The van der Waals surface area contributed by atoms with Gasteiger partial charge in [-0.3, -0.25) is 23.8 Å². The number of aryl methyl sites for hydroxylation is 1. The van der Waals surface area contributed by atoms with Gasteiger partial charge in [0.2, 0.25) is 6.34 Å². The van der Waals surface area contributed by atoms with Gasteiger partial charge in [-0.15, -0.1) is 0 Å². The van der Waals surface area contributed by atoms with Crippen LogP contribution in [-0.2, 0) is 25.4 Å². The molecular weight excluding hydrogens is 328 g/mol. The molecule has 1 aliphatic rings. The van der Waals surface area contributed by atoms with Gasteiger partial charge in [-0.2, -0.15) is 0 Å². The Balaban J connectivity index is 1.72. The van der Waals surface area contributed by atoms with Crippen molar-refractivity contribution in [2.75, 3.05) is 32.8 Å². The number of aliphatic hydroxyl groups is 1. The molecule has 136 valence electrons. The number of aliphatic hydroxyl groups excluding tert-OH is 1. The van der Waals surface area contributed by atoms with Crippen molar-refractivity contribution in [2.45, 2.75) is 12.6 Å². The van der Waals surface area contributed by atoms with E-state index in [4.69, 9.17) is 4.74 Å². The van der Waals surface area contributed by atoms with E-state index in [1.165, 1.54) is 17.9 Å². The molecule has 1 saturated heterocycles. The van der Waals surface area contributed by atoms with Crippen molar-refractivity contribution in [1.29, 1.82) is 0 Å². The number of rotatable bonds is 5. The minimum atomic E-state index is -0.711. The van der Waals surface area contributed by atoms with Gasteiger partial charge < -0.3 is 14.4 Å². The fourth-order valence-corrected chi connectivity index (χ4v) is 2.85. The zero-order valence-electron chi connectivity index (χ0n) is 14.4. The summed E-state index contributed by atoms with van der Waals surface area (Å²) in [6.07, 6.45) is 2.61. The van der Waals surface area contributed by atoms with Crippen molar-refractivity contribution in [3.8, 4) is 0 Å². The number of nitrogens with one attached hydrogen (secondary N) is 1. The number of morpholine rings is 1. The third-order valence-corrected chi connectivity index (χ3v) is 4.30. The molecule has 10 heteroatoms. The lowest BCUT2D eigenvalue weighted by atomic mass is 10.3. The van der Waals surface area contributed by atoms with Crippen LogP contribution in [0, 0.1) is 0 Å². The minimum Gasteiger partial charge on any atom is -0.387 e. The first-order valence-corrected chi connectivity index (χ1v) is 8.16.